The molecular weight excluding hydrogens is 360 g/mol. The van der Waals surface area contributed by atoms with Crippen molar-refractivity contribution in [3.05, 3.63) is 53.1 Å². The zero-order valence-electron chi connectivity index (χ0n) is 12.4. The highest BCUT2D eigenvalue weighted by atomic mass is 35.5. The molecule has 0 atom stereocenters. The fraction of sp³-hybridized carbons (Fsp3) is 0.200. The minimum Gasteiger partial charge on any atom is -0.320 e. The number of sulfone groups is 1. The molecule has 0 unspecified atom stereocenters. The summed E-state index contributed by atoms with van der Waals surface area (Å²) >= 11 is 5.77. The summed E-state index contributed by atoms with van der Waals surface area (Å²) in [5, 5.41) is 0.390. The Bertz CT molecular complexity index is 1020. The fourth-order valence-corrected chi connectivity index (χ4v) is 3.26. The summed E-state index contributed by atoms with van der Waals surface area (Å²) in [5.74, 6) is 0. The highest BCUT2D eigenvalue weighted by Crippen LogP contribution is 2.28. The van der Waals surface area contributed by atoms with Crippen LogP contribution in [0.25, 0.3) is 11.0 Å². The number of nitrogens with zero attached hydrogens (tertiary/aromatic N) is 3. The van der Waals surface area contributed by atoms with Gasteiger partial charge in [0.15, 0.2) is 9.84 Å². The molecule has 0 fully saturated rings. The minimum atomic E-state index is -3.38. The van der Waals surface area contributed by atoms with E-state index in [-0.39, 0.29) is 28.1 Å². The molecule has 5 nitrogen and oxygen atoms in total. The molecule has 2 heterocycles. The Labute approximate surface area is 141 Å². The molecule has 0 aliphatic carbocycles. The number of rotatable bonds is 4. The first-order valence-corrected chi connectivity index (χ1v) is 9.11. The van der Waals surface area contributed by atoms with Crippen molar-refractivity contribution in [2.24, 2.45) is 0 Å². The topological polar surface area (TPSA) is 64.8 Å². The largest absolute Gasteiger partial charge is 0.320 e. The Morgan fingerprint density at radius 3 is 2.71 bits per heavy atom. The van der Waals surface area contributed by atoms with E-state index in [4.69, 9.17) is 11.6 Å². The molecule has 126 valence electrons. The predicted molar refractivity (Wildman–Crippen MR) is 86.1 cm³/mol. The van der Waals surface area contributed by atoms with Gasteiger partial charge >= 0.3 is 0 Å². The van der Waals surface area contributed by atoms with Crippen LogP contribution in [0.15, 0.2) is 41.4 Å². The molecule has 0 radical (unpaired) electrons. The molecular formula is C15H12ClF2N3O2S. The standard InChI is InChI=1S/C15H12ClF2N3O2S/c1-24(22,23)11-4-2-3-9(5-11)8-21-12(13(17)18)6-10-7-19-15(16)20-14(10)21/h2-7,13H,8H2,1H3. The first-order chi connectivity index (χ1) is 11.3. The van der Waals surface area contributed by atoms with E-state index in [2.05, 4.69) is 9.97 Å². The monoisotopic (exact) mass is 371 g/mol. The van der Waals surface area contributed by atoms with E-state index >= 15 is 0 Å². The van der Waals surface area contributed by atoms with Crippen LogP contribution >= 0.6 is 11.6 Å². The van der Waals surface area contributed by atoms with Crippen LogP contribution in [0.4, 0.5) is 8.78 Å². The van der Waals surface area contributed by atoms with Crippen LogP contribution in [-0.2, 0) is 16.4 Å². The number of fused-ring (bicyclic) bond motifs is 1. The highest BCUT2D eigenvalue weighted by molar-refractivity contribution is 7.90. The molecule has 0 N–H and O–H groups in total. The third kappa shape index (κ3) is 3.25. The highest BCUT2D eigenvalue weighted by Gasteiger charge is 2.19. The third-order valence-electron chi connectivity index (χ3n) is 3.53. The van der Waals surface area contributed by atoms with Crippen molar-refractivity contribution in [2.45, 2.75) is 17.9 Å². The van der Waals surface area contributed by atoms with Crippen molar-refractivity contribution >= 4 is 32.5 Å². The van der Waals surface area contributed by atoms with Gasteiger partial charge in [-0.2, -0.15) is 4.98 Å². The Hall–Kier alpha value is -2.06. The van der Waals surface area contributed by atoms with Gasteiger partial charge in [-0.1, -0.05) is 12.1 Å². The summed E-state index contributed by atoms with van der Waals surface area (Å²) in [4.78, 5) is 7.93. The fourth-order valence-electron chi connectivity index (χ4n) is 2.44. The van der Waals surface area contributed by atoms with Crippen LogP contribution in [-0.4, -0.2) is 29.2 Å². The maximum absolute atomic E-state index is 13.3. The molecule has 0 aliphatic rings. The first kappa shape index (κ1) is 16.8. The maximum Gasteiger partial charge on any atom is 0.278 e. The summed E-state index contributed by atoms with van der Waals surface area (Å²) < 4.78 is 51.3. The van der Waals surface area contributed by atoms with E-state index in [1.807, 2.05) is 0 Å². The van der Waals surface area contributed by atoms with Crippen molar-refractivity contribution in [3.8, 4) is 0 Å². The number of alkyl halides is 2. The summed E-state index contributed by atoms with van der Waals surface area (Å²) in [6.45, 7) is 0.0415. The van der Waals surface area contributed by atoms with Crippen LogP contribution in [0.2, 0.25) is 5.28 Å². The number of halogens is 3. The van der Waals surface area contributed by atoms with E-state index in [0.29, 0.717) is 10.9 Å². The van der Waals surface area contributed by atoms with Gasteiger partial charge in [-0.25, -0.2) is 22.2 Å². The molecule has 0 bridgehead atoms. The van der Waals surface area contributed by atoms with Crippen LogP contribution in [0.1, 0.15) is 17.7 Å². The average Bonchev–Trinajstić information content (AvgIpc) is 2.85. The van der Waals surface area contributed by atoms with Gasteiger partial charge < -0.3 is 4.57 Å². The molecule has 0 amide bonds. The van der Waals surface area contributed by atoms with Gasteiger partial charge in [-0.05, 0) is 35.4 Å². The Morgan fingerprint density at radius 2 is 2.04 bits per heavy atom. The van der Waals surface area contributed by atoms with Crippen molar-refractivity contribution in [1.29, 1.82) is 0 Å². The zero-order chi connectivity index (χ0) is 17.5. The second-order valence-electron chi connectivity index (χ2n) is 5.29. The van der Waals surface area contributed by atoms with E-state index in [0.717, 1.165) is 6.26 Å². The van der Waals surface area contributed by atoms with Crippen LogP contribution in [0.5, 0.6) is 0 Å². The Balaban J connectivity index is 2.13. The number of hydrogen-bond donors (Lipinski definition) is 0. The molecule has 1 aromatic carbocycles. The van der Waals surface area contributed by atoms with Gasteiger partial charge in [-0.3, -0.25) is 0 Å². The van der Waals surface area contributed by atoms with Crippen molar-refractivity contribution < 1.29 is 17.2 Å². The smallest absolute Gasteiger partial charge is 0.278 e. The zero-order valence-corrected chi connectivity index (χ0v) is 14.0. The van der Waals surface area contributed by atoms with Crippen molar-refractivity contribution in [3.63, 3.8) is 0 Å². The predicted octanol–water partition coefficient (Wildman–Crippen LogP) is 3.47. The normalized spacial score (nSPS) is 12.2. The lowest BCUT2D eigenvalue weighted by molar-refractivity contribution is 0.142. The van der Waals surface area contributed by atoms with Gasteiger partial charge in [0.1, 0.15) is 5.65 Å². The van der Waals surface area contributed by atoms with E-state index in [9.17, 15) is 17.2 Å². The lowest BCUT2D eigenvalue weighted by Crippen LogP contribution is -2.07. The van der Waals surface area contributed by atoms with Gasteiger partial charge in [0.2, 0.25) is 5.28 Å². The molecule has 0 spiro atoms. The number of benzene rings is 1. The SMILES string of the molecule is CS(=O)(=O)c1cccc(Cn2c(C(F)F)cc3cnc(Cl)nc32)c1. The first-order valence-electron chi connectivity index (χ1n) is 6.84. The lowest BCUT2D eigenvalue weighted by atomic mass is 10.2. The van der Waals surface area contributed by atoms with Crippen LogP contribution in [0, 0.1) is 0 Å². The molecule has 24 heavy (non-hydrogen) atoms. The molecule has 0 saturated heterocycles. The number of hydrogen-bond acceptors (Lipinski definition) is 4. The van der Waals surface area contributed by atoms with Crippen LogP contribution < -0.4 is 0 Å². The summed E-state index contributed by atoms with van der Waals surface area (Å²) in [5.41, 5.74) is 0.605. The van der Waals surface area contributed by atoms with E-state index in [1.54, 1.807) is 12.1 Å². The van der Waals surface area contributed by atoms with E-state index < -0.39 is 16.3 Å². The quantitative estimate of drug-likeness (QED) is 0.659. The summed E-state index contributed by atoms with van der Waals surface area (Å²) in [6.07, 6.45) is -0.245. The van der Waals surface area contributed by atoms with Crippen LogP contribution in [0.3, 0.4) is 0 Å². The molecule has 3 rings (SSSR count). The van der Waals surface area contributed by atoms with Gasteiger partial charge in [-0.15, -0.1) is 0 Å². The molecule has 9 heteroatoms. The Morgan fingerprint density at radius 1 is 1.29 bits per heavy atom. The third-order valence-corrected chi connectivity index (χ3v) is 4.82. The van der Waals surface area contributed by atoms with Crippen molar-refractivity contribution in [2.75, 3.05) is 6.26 Å². The second-order valence-corrected chi connectivity index (χ2v) is 7.65. The van der Waals surface area contributed by atoms with Gasteiger partial charge in [0.25, 0.3) is 6.43 Å². The lowest BCUT2D eigenvalue weighted by Gasteiger charge is -2.11. The molecule has 2 aromatic heterocycles. The minimum absolute atomic E-state index is 0.0415. The molecule has 3 aromatic rings. The summed E-state index contributed by atoms with van der Waals surface area (Å²) in [7, 11) is -3.38. The Kier molecular flexibility index (Phi) is 4.27. The van der Waals surface area contributed by atoms with Gasteiger partial charge in [0.05, 0.1) is 10.6 Å². The average molecular weight is 372 g/mol. The molecule has 0 saturated carbocycles. The second kappa shape index (κ2) is 6.10. The maximum atomic E-state index is 13.3. The summed E-state index contributed by atoms with van der Waals surface area (Å²) in [6, 6.07) is 7.45. The number of aromatic nitrogens is 3. The van der Waals surface area contributed by atoms with E-state index in [1.165, 1.54) is 29.0 Å². The van der Waals surface area contributed by atoms with Gasteiger partial charge in [0, 0.05) is 24.4 Å². The molecule has 0 aliphatic heterocycles. The van der Waals surface area contributed by atoms with Crippen molar-refractivity contribution in [1.82, 2.24) is 14.5 Å².